The average Bonchev–Trinajstić information content (AvgIpc) is 2.73. The monoisotopic (exact) mass is 377 g/mol. The van der Waals surface area contributed by atoms with Crippen molar-refractivity contribution < 1.29 is 9.53 Å². The van der Waals surface area contributed by atoms with Gasteiger partial charge in [0, 0.05) is 43.7 Å². The lowest BCUT2D eigenvalue weighted by Crippen LogP contribution is -2.59. The first kappa shape index (κ1) is 20.7. The lowest BCUT2D eigenvalue weighted by atomic mass is 9.78. The molecular weight excluding hydrogens is 338 g/mol. The van der Waals surface area contributed by atoms with Gasteiger partial charge in [-0.25, -0.2) is 4.79 Å². The van der Waals surface area contributed by atoms with Crippen LogP contribution in [0.3, 0.4) is 0 Å². The van der Waals surface area contributed by atoms with E-state index in [1.54, 1.807) is 0 Å². The molecule has 0 bridgehead atoms. The fourth-order valence-electron chi connectivity index (χ4n) is 5.03. The molecule has 5 nitrogen and oxygen atoms in total. The third-order valence-electron chi connectivity index (χ3n) is 7.16. The number of amides is 2. The van der Waals surface area contributed by atoms with Crippen molar-refractivity contribution in [2.24, 2.45) is 5.41 Å². The molecular formula is C22H39N3O2. The first-order chi connectivity index (χ1) is 13.0. The first-order valence-corrected chi connectivity index (χ1v) is 11.0. The zero-order valence-corrected chi connectivity index (χ0v) is 17.7. The Kier molecular flexibility index (Phi) is 6.85. The van der Waals surface area contributed by atoms with Crippen LogP contribution in [0, 0.1) is 5.41 Å². The summed E-state index contributed by atoms with van der Waals surface area (Å²) in [5.41, 5.74) is 1.84. The number of hydrogen-bond donors (Lipinski definition) is 1. The summed E-state index contributed by atoms with van der Waals surface area (Å²) in [6.07, 6.45) is 10.7. The number of hydrogen-bond acceptors (Lipinski definition) is 3. The average molecular weight is 378 g/mol. The molecule has 0 saturated carbocycles. The van der Waals surface area contributed by atoms with Gasteiger partial charge in [0.25, 0.3) is 0 Å². The largest absolute Gasteiger partial charge is 0.379 e. The van der Waals surface area contributed by atoms with E-state index < -0.39 is 0 Å². The molecule has 2 fully saturated rings. The fraction of sp³-hybridized carbons (Fsp3) is 0.864. The summed E-state index contributed by atoms with van der Waals surface area (Å²) >= 11 is 0. The third-order valence-corrected chi connectivity index (χ3v) is 7.16. The van der Waals surface area contributed by atoms with E-state index >= 15 is 0 Å². The maximum Gasteiger partial charge on any atom is 0.317 e. The number of rotatable bonds is 5. The number of allylic oxidation sites excluding steroid dienone is 1. The highest BCUT2D eigenvalue weighted by Crippen LogP contribution is 2.34. The number of nitrogens with one attached hydrogen (secondary N) is 1. The number of piperidine rings is 1. The number of ether oxygens (including phenoxy) is 1. The van der Waals surface area contributed by atoms with Gasteiger partial charge in [0.15, 0.2) is 0 Å². The van der Waals surface area contributed by atoms with E-state index in [1.165, 1.54) is 31.3 Å². The Bertz CT molecular complexity index is 530. The molecule has 27 heavy (non-hydrogen) atoms. The van der Waals surface area contributed by atoms with E-state index in [2.05, 4.69) is 37.1 Å². The third kappa shape index (κ3) is 4.86. The molecule has 0 aromatic heterocycles. The molecule has 0 spiro atoms. The van der Waals surface area contributed by atoms with E-state index in [1.807, 2.05) is 4.90 Å². The van der Waals surface area contributed by atoms with E-state index in [4.69, 9.17) is 4.74 Å². The summed E-state index contributed by atoms with van der Waals surface area (Å²) in [7, 11) is 0. The summed E-state index contributed by atoms with van der Waals surface area (Å²) in [6.45, 7) is 13.0. The molecule has 154 valence electrons. The SMILES string of the molecule is CCC1(N2CCOCC2)CCN(C(=O)NCC(C)(C)C2=CCCCC2)CC1. The number of carbonyl (C=O) groups excluding carboxylic acids is 1. The van der Waals surface area contributed by atoms with Crippen LogP contribution in [-0.2, 0) is 4.74 Å². The van der Waals surface area contributed by atoms with Gasteiger partial charge in [0.2, 0.25) is 0 Å². The van der Waals surface area contributed by atoms with Crippen molar-refractivity contribution in [1.29, 1.82) is 0 Å². The van der Waals surface area contributed by atoms with Crippen LogP contribution in [0.2, 0.25) is 0 Å². The standard InChI is InChI=1S/C22H39N3O2/c1-4-22(25-14-16-27-17-15-25)10-12-24(13-11-22)20(26)23-18-21(2,3)19-8-6-5-7-9-19/h8H,4-7,9-18H2,1-3H3,(H,23,26). The fourth-order valence-corrected chi connectivity index (χ4v) is 5.03. The highest BCUT2D eigenvalue weighted by Gasteiger charge is 2.40. The molecule has 0 unspecified atom stereocenters. The molecule has 2 amide bonds. The number of carbonyl (C=O) groups is 1. The summed E-state index contributed by atoms with van der Waals surface area (Å²) < 4.78 is 5.53. The van der Waals surface area contributed by atoms with Crippen LogP contribution in [0.4, 0.5) is 4.79 Å². The van der Waals surface area contributed by atoms with Gasteiger partial charge in [0.1, 0.15) is 0 Å². The van der Waals surface area contributed by atoms with Crippen molar-refractivity contribution in [2.45, 2.75) is 71.3 Å². The van der Waals surface area contributed by atoms with Gasteiger partial charge in [-0.05, 0) is 44.9 Å². The maximum absolute atomic E-state index is 12.8. The van der Waals surface area contributed by atoms with Gasteiger partial charge in [-0.15, -0.1) is 0 Å². The molecule has 0 radical (unpaired) electrons. The highest BCUT2D eigenvalue weighted by atomic mass is 16.5. The van der Waals surface area contributed by atoms with Crippen molar-refractivity contribution in [2.75, 3.05) is 45.9 Å². The lowest BCUT2D eigenvalue weighted by Gasteiger charge is -2.50. The zero-order valence-electron chi connectivity index (χ0n) is 17.7. The second-order valence-corrected chi connectivity index (χ2v) is 9.18. The van der Waals surface area contributed by atoms with E-state index in [9.17, 15) is 4.79 Å². The predicted octanol–water partition coefficient (Wildman–Crippen LogP) is 3.80. The van der Waals surface area contributed by atoms with Gasteiger partial charge in [-0.2, -0.15) is 0 Å². The zero-order chi connectivity index (χ0) is 19.3. The molecule has 0 aromatic carbocycles. The Hall–Kier alpha value is -1.07. The van der Waals surface area contributed by atoms with E-state index in [0.717, 1.165) is 65.2 Å². The normalized spacial score (nSPS) is 24.4. The summed E-state index contributed by atoms with van der Waals surface area (Å²) in [5.74, 6) is 0. The molecule has 2 aliphatic heterocycles. The minimum absolute atomic E-state index is 0.0623. The van der Waals surface area contributed by atoms with Crippen LogP contribution in [0.15, 0.2) is 11.6 Å². The Morgan fingerprint density at radius 3 is 2.48 bits per heavy atom. The van der Waals surface area contributed by atoms with Gasteiger partial charge >= 0.3 is 6.03 Å². The Morgan fingerprint density at radius 1 is 1.19 bits per heavy atom. The number of morpholine rings is 1. The Morgan fingerprint density at radius 2 is 1.89 bits per heavy atom. The van der Waals surface area contributed by atoms with Crippen molar-refractivity contribution >= 4 is 6.03 Å². The van der Waals surface area contributed by atoms with Gasteiger partial charge in [-0.1, -0.05) is 32.4 Å². The van der Waals surface area contributed by atoms with Crippen LogP contribution >= 0.6 is 0 Å². The molecule has 1 N–H and O–H groups in total. The number of likely N-dealkylation sites (tertiary alicyclic amines) is 1. The quantitative estimate of drug-likeness (QED) is 0.741. The van der Waals surface area contributed by atoms with Gasteiger partial charge in [-0.3, -0.25) is 4.90 Å². The van der Waals surface area contributed by atoms with Crippen LogP contribution in [-0.4, -0.2) is 67.3 Å². The number of urea groups is 1. The Labute approximate surface area is 165 Å². The van der Waals surface area contributed by atoms with E-state index in [0.29, 0.717) is 0 Å². The minimum Gasteiger partial charge on any atom is -0.379 e. The molecule has 1 aliphatic carbocycles. The lowest BCUT2D eigenvalue weighted by molar-refractivity contribution is -0.0453. The van der Waals surface area contributed by atoms with Gasteiger partial charge < -0.3 is 15.0 Å². The summed E-state index contributed by atoms with van der Waals surface area (Å²) in [4.78, 5) is 17.4. The highest BCUT2D eigenvalue weighted by molar-refractivity contribution is 5.74. The van der Waals surface area contributed by atoms with Crippen molar-refractivity contribution in [1.82, 2.24) is 15.1 Å². The summed E-state index contributed by atoms with van der Waals surface area (Å²) in [6, 6.07) is 0.117. The smallest absolute Gasteiger partial charge is 0.317 e. The molecule has 0 atom stereocenters. The van der Waals surface area contributed by atoms with Crippen LogP contribution in [0.1, 0.15) is 65.7 Å². The molecule has 3 aliphatic rings. The molecule has 2 heterocycles. The van der Waals surface area contributed by atoms with Crippen LogP contribution in [0.25, 0.3) is 0 Å². The summed E-state index contributed by atoms with van der Waals surface area (Å²) in [5, 5.41) is 3.23. The predicted molar refractivity (Wildman–Crippen MR) is 110 cm³/mol. The van der Waals surface area contributed by atoms with Crippen molar-refractivity contribution in [3.8, 4) is 0 Å². The number of nitrogens with zero attached hydrogens (tertiary/aromatic N) is 2. The van der Waals surface area contributed by atoms with Crippen molar-refractivity contribution in [3.63, 3.8) is 0 Å². The van der Waals surface area contributed by atoms with Crippen LogP contribution in [0.5, 0.6) is 0 Å². The topological polar surface area (TPSA) is 44.8 Å². The molecule has 2 saturated heterocycles. The minimum atomic E-state index is 0.0623. The van der Waals surface area contributed by atoms with E-state index in [-0.39, 0.29) is 17.0 Å². The Balaban J connectivity index is 1.50. The van der Waals surface area contributed by atoms with Gasteiger partial charge in [0.05, 0.1) is 13.2 Å². The van der Waals surface area contributed by atoms with Crippen LogP contribution < -0.4 is 5.32 Å². The van der Waals surface area contributed by atoms with Crippen molar-refractivity contribution in [3.05, 3.63) is 11.6 Å². The molecule has 3 rings (SSSR count). The second-order valence-electron chi connectivity index (χ2n) is 9.18. The first-order valence-electron chi connectivity index (χ1n) is 11.0. The molecule has 5 heteroatoms. The molecule has 0 aromatic rings. The second kappa shape index (κ2) is 8.95. The maximum atomic E-state index is 12.8.